The highest BCUT2D eigenvalue weighted by atomic mass is 32.1. The van der Waals surface area contributed by atoms with E-state index in [-0.39, 0.29) is 5.92 Å². The Morgan fingerprint density at radius 1 is 0.558 bits per heavy atom. The average Bonchev–Trinajstić information content (AvgIpc) is 3.74. The molecule has 2 aliphatic carbocycles. The Bertz CT molecular complexity index is 2810. The lowest BCUT2D eigenvalue weighted by Gasteiger charge is -2.23. The largest absolute Gasteiger partial charge is 0.208 e. The molecule has 0 aliphatic heterocycles. The zero-order valence-corrected chi connectivity index (χ0v) is 30.6. The SMILES string of the molecule is CC1C=Cc2sc3c(c2C1)=CC(C)C(c1cc(-c2ccccc2)cc(-c2nc(-c4ccccc4)nc(-c4ccc5c(c4)sc4ccccc45)n2)c1)C=3. The van der Waals surface area contributed by atoms with Gasteiger partial charge in [-0.2, -0.15) is 0 Å². The van der Waals surface area contributed by atoms with Gasteiger partial charge in [0.1, 0.15) is 0 Å². The van der Waals surface area contributed by atoms with Gasteiger partial charge in [-0.3, -0.25) is 0 Å². The Morgan fingerprint density at radius 2 is 1.23 bits per heavy atom. The Hall–Kier alpha value is -5.49. The van der Waals surface area contributed by atoms with Gasteiger partial charge in [0.25, 0.3) is 0 Å². The zero-order chi connectivity index (χ0) is 34.8. The molecule has 0 saturated heterocycles. The van der Waals surface area contributed by atoms with E-state index in [4.69, 9.17) is 15.0 Å². The Balaban J connectivity index is 1.15. The minimum Gasteiger partial charge on any atom is -0.208 e. The van der Waals surface area contributed by atoms with Gasteiger partial charge in [-0.1, -0.05) is 129 Å². The second-order valence-electron chi connectivity index (χ2n) is 14.2. The zero-order valence-electron chi connectivity index (χ0n) is 29.0. The summed E-state index contributed by atoms with van der Waals surface area (Å²) in [4.78, 5) is 16.9. The first-order valence-electron chi connectivity index (χ1n) is 18.0. The lowest BCUT2D eigenvalue weighted by molar-refractivity contribution is 0.687. The highest BCUT2D eigenvalue weighted by Gasteiger charge is 2.25. The lowest BCUT2D eigenvalue weighted by atomic mass is 9.81. The van der Waals surface area contributed by atoms with E-state index in [2.05, 4.69) is 141 Å². The van der Waals surface area contributed by atoms with Crippen molar-refractivity contribution >= 4 is 61.1 Å². The topological polar surface area (TPSA) is 38.7 Å². The van der Waals surface area contributed by atoms with E-state index < -0.39 is 0 Å². The fourth-order valence-corrected chi connectivity index (χ4v) is 10.2. The minimum atomic E-state index is 0.224. The molecular formula is C47H35N3S2. The summed E-state index contributed by atoms with van der Waals surface area (Å²) in [5.41, 5.74) is 8.09. The van der Waals surface area contributed by atoms with E-state index in [1.165, 1.54) is 51.5 Å². The van der Waals surface area contributed by atoms with Crippen LogP contribution in [0.1, 0.15) is 35.8 Å². The summed E-state index contributed by atoms with van der Waals surface area (Å²) >= 11 is 3.75. The number of allylic oxidation sites excluding steroid dienone is 1. The highest BCUT2D eigenvalue weighted by Crippen LogP contribution is 2.39. The second-order valence-corrected chi connectivity index (χ2v) is 16.3. The molecule has 5 heteroatoms. The van der Waals surface area contributed by atoms with Crippen molar-refractivity contribution in [2.24, 2.45) is 11.8 Å². The van der Waals surface area contributed by atoms with Gasteiger partial charge in [0.05, 0.1) is 0 Å². The van der Waals surface area contributed by atoms with Crippen LogP contribution in [0.5, 0.6) is 0 Å². The van der Waals surface area contributed by atoms with Gasteiger partial charge in [0, 0.05) is 52.2 Å². The van der Waals surface area contributed by atoms with E-state index in [9.17, 15) is 0 Å². The standard InChI is InChI=1S/C47H35N3S2/c1-28-17-20-42-39(21-28)40-22-29(2)38(27-44(40)52-42)34-23-33(30-11-5-3-6-12-30)24-35(25-34)47-49-45(31-13-7-4-8-14-31)48-46(50-47)32-18-19-37-36-15-9-10-16-41(36)51-43(37)26-32/h3-20,22-29,38H,21H2,1-2H3. The lowest BCUT2D eigenvalue weighted by Crippen LogP contribution is -2.30. The first-order chi connectivity index (χ1) is 25.5. The normalized spacial score (nSPS) is 17.8. The molecule has 3 nitrogen and oxygen atoms in total. The maximum absolute atomic E-state index is 5.25. The number of rotatable bonds is 5. The van der Waals surface area contributed by atoms with Crippen molar-refractivity contribution in [1.29, 1.82) is 0 Å². The fourth-order valence-electron chi connectivity index (χ4n) is 7.88. The van der Waals surface area contributed by atoms with Gasteiger partial charge in [-0.05, 0) is 76.1 Å². The molecule has 250 valence electrons. The van der Waals surface area contributed by atoms with Gasteiger partial charge in [0.2, 0.25) is 0 Å². The number of hydrogen-bond acceptors (Lipinski definition) is 5. The molecule has 5 aromatic carbocycles. The quantitative estimate of drug-likeness (QED) is 0.179. The summed E-state index contributed by atoms with van der Waals surface area (Å²) in [6.07, 6.45) is 10.9. The Morgan fingerprint density at radius 3 is 2.04 bits per heavy atom. The van der Waals surface area contributed by atoms with Crippen molar-refractivity contribution in [2.45, 2.75) is 26.2 Å². The van der Waals surface area contributed by atoms with E-state index in [1.54, 1.807) is 0 Å². The molecule has 3 heterocycles. The fraction of sp³-hybridized carbons (Fsp3) is 0.128. The van der Waals surface area contributed by atoms with Crippen molar-refractivity contribution in [3.63, 3.8) is 0 Å². The second kappa shape index (κ2) is 12.6. The number of hydrogen-bond donors (Lipinski definition) is 0. The van der Waals surface area contributed by atoms with Gasteiger partial charge >= 0.3 is 0 Å². The van der Waals surface area contributed by atoms with Crippen molar-refractivity contribution < 1.29 is 0 Å². The molecule has 52 heavy (non-hydrogen) atoms. The van der Waals surface area contributed by atoms with Crippen molar-refractivity contribution in [3.8, 4) is 45.3 Å². The summed E-state index contributed by atoms with van der Waals surface area (Å²) in [6.45, 7) is 4.68. The first-order valence-corrected chi connectivity index (χ1v) is 19.6. The maximum atomic E-state index is 5.25. The predicted octanol–water partition coefficient (Wildman–Crippen LogP) is 11.2. The summed E-state index contributed by atoms with van der Waals surface area (Å²) in [6, 6.07) is 43.1. The summed E-state index contributed by atoms with van der Waals surface area (Å²) in [5, 5.41) is 3.99. The van der Waals surface area contributed by atoms with Crippen LogP contribution in [0.25, 0.3) is 83.7 Å². The molecule has 3 atom stereocenters. The number of benzene rings is 5. The van der Waals surface area contributed by atoms with E-state index in [0.29, 0.717) is 29.3 Å². The summed E-state index contributed by atoms with van der Waals surface area (Å²) < 4.78 is 3.91. The van der Waals surface area contributed by atoms with Gasteiger partial charge in [-0.25, -0.2) is 15.0 Å². The smallest absolute Gasteiger partial charge is 0.164 e. The van der Waals surface area contributed by atoms with Crippen LogP contribution in [0.15, 0.2) is 127 Å². The molecule has 10 rings (SSSR count). The predicted molar refractivity (Wildman–Crippen MR) is 221 cm³/mol. The van der Waals surface area contributed by atoms with Crippen LogP contribution in [-0.2, 0) is 6.42 Å². The minimum absolute atomic E-state index is 0.224. The molecule has 0 fully saturated rings. The molecule has 0 spiro atoms. The molecule has 0 N–H and O–H groups in total. The molecular weight excluding hydrogens is 671 g/mol. The monoisotopic (exact) mass is 705 g/mol. The van der Waals surface area contributed by atoms with Gasteiger partial charge in [0.15, 0.2) is 17.5 Å². The summed E-state index contributed by atoms with van der Waals surface area (Å²) in [7, 11) is 0. The number of nitrogens with zero attached hydrogens (tertiary/aromatic N) is 3. The van der Waals surface area contributed by atoms with Crippen LogP contribution in [0.3, 0.4) is 0 Å². The van der Waals surface area contributed by atoms with Crippen LogP contribution < -0.4 is 9.75 Å². The van der Waals surface area contributed by atoms with Crippen LogP contribution in [0.2, 0.25) is 0 Å². The van der Waals surface area contributed by atoms with E-state index in [1.807, 2.05) is 40.9 Å². The number of thiophene rings is 2. The molecule has 3 unspecified atom stereocenters. The van der Waals surface area contributed by atoms with Crippen molar-refractivity contribution in [1.82, 2.24) is 15.0 Å². The third-order valence-electron chi connectivity index (χ3n) is 10.5. The number of fused-ring (bicyclic) bond motifs is 6. The molecule has 8 aromatic rings. The van der Waals surface area contributed by atoms with Crippen molar-refractivity contribution in [3.05, 3.63) is 153 Å². The van der Waals surface area contributed by atoms with E-state index >= 15 is 0 Å². The average molecular weight is 706 g/mol. The molecule has 3 aromatic heterocycles. The highest BCUT2D eigenvalue weighted by molar-refractivity contribution is 7.25. The van der Waals surface area contributed by atoms with E-state index in [0.717, 1.165) is 28.7 Å². The summed E-state index contributed by atoms with van der Waals surface area (Å²) in [5.74, 6) is 3.17. The molecule has 0 radical (unpaired) electrons. The van der Waals surface area contributed by atoms with Gasteiger partial charge in [-0.15, -0.1) is 22.7 Å². The van der Waals surface area contributed by atoms with Crippen LogP contribution >= 0.6 is 22.7 Å². The third kappa shape index (κ3) is 5.52. The molecule has 2 aliphatic rings. The third-order valence-corrected chi connectivity index (χ3v) is 12.9. The first kappa shape index (κ1) is 31.3. The number of aromatic nitrogens is 3. The molecule has 0 amide bonds. The molecule has 0 bridgehead atoms. The van der Waals surface area contributed by atoms with Crippen LogP contribution in [0.4, 0.5) is 0 Å². The van der Waals surface area contributed by atoms with Gasteiger partial charge < -0.3 is 0 Å². The molecule has 0 saturated carbocycles. The van der Waals surface area contributed by atoms with Crippen molar-refractivity contribution in [2.75, 3.05) is 0 Å². The maximum Gasteiger partial charge on any atom is 0.164 e. The Labute approximate surface area is 311 Å². The van der Waals surface area contributed by atoms with Crippen LogP contribution in [-0.4, -0.2) is 15.0 Å². The Kier molecular flexibility index (Phi) is 7.59. The van der Waals surface area contributed by atoms with Crippen LogP contribution in [0, 0.1) is 11.8 Å².